The van der Waals surface area contributed by atoms with E-state index in [0.29, 0.717) is 18.7 Å². The maximum Gasteiger partial charge on any atom is 0.224 e. The third-order valence-corrected chi connectivity index (χ3v) is 4.51. The molecule has 4 nitrogen and oxygen atoms in total. The molecular formula is C20H19BrN2O2. The van der Waals surface area contributed by atoms with Gasteiger partial charge in [0, 0.05) is 28.6 Å². The zero-order valence-corrected chi connectivity index (χ0v) is 15.8. The van der Waals surface area contributed by atoms with Gasteiger partial charge < -0.3 is 9.73 Å². The summed E-state index contributed by atoms with van der Waals surface area (Å²) in [4.78, 5) is 16.3. The highest BCUT2D eigenvalue weighted by Gasteiger charge is 2.10. The highest BCUT2D eigenvalue weighted by molar-refractivity contribution is 9.10. The molecule has 1 aromatic heterocycles. The Balaban J connectivity index is 1.59. The fourth-order valence-electron chi connectivity index (χ4n) is 2.46. The second-order valence-corrected chi connectivity index (χ2v) is 6.89. The van der Waals surface area contributed by atoms with E-state index in [1.807, 2.05) is 30.3 Å². The van der Waals surface area contributed by atoms with Gasteiger partial charge in [0.15, 0.2) is 11.7 Å². The number of amides is 1. The summed E-state index contributed by atoms with van der Waals surface area (Å²) >= 11 is 3.39. The van der Waals surface area contributed by atoms with Crippen molar-refractivity contribution in [3.63, 3.8) is 0 Å². The molecule has 128 valence electrons. The number of carbonyl (C=O) groups is 1. The predicted octanol–water partition coefficient (Wildman–Crippen LogP) is 5.29. The van der Waals surface area contributed by atoms with Crippen LogP contribution in [0.5, 0.6) is 0 Å². The lowest BCUT2D eigenvalue weighted by Gasteiger charge is -2.04. The summed E-state index contributed by atoms with van der Waals surface area (Å²) < 4.78 is 6.71. The Bertz CT molecular complexity index is 902. The van der Waals surface area contributed by atoms with E-state index in [1.165, 1.54) is 11.1 Å². The van der Waals surface area contributed by atoms with Gasteiger partial charge in [0.1, 0.15) is 0 Å². The number of benzene rings is 2. The molecule has 3 aromatic rings. The Morgan fingerprint density at radius 3 is 2.76 bits per heavy atom. The third-order valence-electron chi connectivity index (χ3n) is 4.02. The molecule has 0 aliphatic carbocycles. The number of hydrogen-bond donors (Lipinski definition) is 1. The van der Waals surface area contributed by atoms with Crippen molar-refractivity contribution >= 4 is 27.5 Å². The lowest BCUT2D eigenvalue weighted by molar-refractivity contribution is -0.116. The van der Waals surface area contributed by atoms with Crippen molar-refractivity contribution in [1.29, 1.82) is 0 Å². The first kappa shape index (κ1) is 17.4. The van der Waals surface area contributed by atoms with Crippen molar-refractivity contribution in [2.45, 2.75) is 26.7 Å². The predicted molar refractivity (Wildman–Crippen MR) is 103 cm³/mol. The summed E-state index contributed by atoms with van der Waals surface area (Å²) in [6.07, 6.45) is 2.50. The van der Waals surface area contributed by atoms with Crippen LogP contribution in [0, 0.1) is 13.8 Å². The summed E-state index contributed by atoms with van der Waals surface area (Å²) in [5.74, 6) is 1.23. The molecule has 1 amide bonds. The average Bonchev–Trinajstić information content (AvgIpc) is 3.04. The molecule has 0 fully saturated rings. The largest absolute Gasteiger partial charge is 0.441 e. The number of aromatic nitrogens is 1. The zero-order valence-electron chi connectivity index (χ0n) is 14.2. The fraction of sp³-hybridized carbons (Fsp3) is 0.200. The normalized spacial score (nSPS) is 10.7. The molecule has 0 spiro atoms. The topological polar surface area (TPSA) is 55.1 Å². The molecule has 0 unspecified atom stereocenters. The van der Waals surface area contributed by atoms with Crippen molar-refractivity contribution in [2.24, 2.45) is 0 Å². The number of anilines is 1. The fourth-order valence-corrected chi connectivity index (χ4v) is 2.86. The summed E-state index contributed by atoms with van der Waals surface area (Å²) in [5.41, 5.74) is 4.22. The van der Waals surface area contributed by atoms with Gasteiger partial charge in [-0.2, -0.15) is 0 Å². The van der Waals surface area contributed by atoms with Crippen molar-refractivity contribution in [2.75, 3.05) is 5.32 Å². The number of halogens is 1. The first-order chi connectivity index (χ1) is 12.0. The molecule has 25 heavy (non-hydrogen) atoms. The number of rotatable bonds is 5. The van der Waals surface area contributed by atoms with Crippen molar-refractivity contribution in [3.8, 4) is 11.3 Å². The Labute approximate surface area is 155 Å². The van der Waals surface area contributed by atoms with Gasteiger partial charge in [0.25, 0.3) is 0 Å². The molecule has 1 N–H and O–H groups in total. The number of aryl methyl sites for hydroxylation is 3. The number of carbonyl (C=O) groups excluding carboxylic acids is 1. The van der Waals surface area contributed by atoms with E-state index in [-0.39, 0.29) is 5.91 Å². The van der Waals surface area contributed by atoms with E-state index < -0.39 is 0 Å². The van der Waals surface area contributed by atoms with E-state index in [4.69, 9.17) is 4.42 Å². The molecule has 3 rings (SSSR count). The molecule has 0 radical (unpaired) electrons. The molecular weight excluding hydrogens is 380 g/mol. The number of nitrogens with zero attached hydrogens (tertiary/aromatic N) is 1. The zero-order chi connectivity index (χ0) is 17.8. The summed E-state index contributed by atoms with van der Waals surface area (Å²) in [7, 11) is 0. The molecule has 0 aliphatic heterocycles. The first-order valence-corrected chi connectivity index (χ1v) is 8.88. The molecule has 0 saturated heterocycles. The highest BCUT2D eigenvalue weighted by atomic mass is 79.9. The maximum atomic E-state index is 12.1. The van der Waals surface area contributed by atoms with Gasteiger partial charge in [-0.15, -0.1) is 0 Å². The third kappa shape index (κ3) is 4.57. The van der Waals surface area contributed by atoms with Crippen LogP contribution in [0.15, 0.2) is 57.6 Å². The van der Waals surface area contributed by atoms with Crippen LogP contribution in [-0.2, 0) is 11.2 Å². The number of hydrogen-bond acceptors (Lipinski definition) is 3. The Morgan fingerprint density at radius 1 is 1.16 bits per heavy atom. The SMILES string of the molecule is Cc1ccc(-c2cnc(CCC(=O)Nc3cccc(Br)c3)o2)cc1C. The standard InChI is InChI=1S/C20H19BrN2O2/c1-13-6-7-15(10-14(13)2)18-12-22-20(25-18)9-8-19(24)23-17-5-3-4-16(21)11-17/h3-7,10-12H,8-9H2,1-2H3,(H,23,24). The van der Waals surface area contributed by atoms with Crippen LogP contribution in [0.25, 0.3) is 11.3 Å². The summed E-state index contributed by atoms with van der Waals surface area (Å²) in [5, 5.41) is 2.87. The molecule has 0 atom stereocenters. The lowest BCUT2D eigenvalue weighted by atomic mass is 10.1. The minimum Gasteiger partial charge on any atom is -0.441 e. The van der Waals surface area contributed by atoms with Gasteiger partial charge in [-0.05, 0) is 49.2 Å². The Hall–Kier alpha value is -2.40. The van der Waals surface area contributed by atoms with E-state index in [2.05, 4.69) is 52.2 Å². The first-order valence-electron chi connectivity index (χ1n) is 8.09. The van der Waals surface area contributed by atoms with Crippen LogP contribution in [0.4, 0.5) is 5.69 Å². The second-order valence-electron chi connectivity index (χ2n) is 5.98. The molecule has 5 heteroatoms. The number of nitrogens with one attached hydrogen (secondary N) is 1. The minimum absolute atomic E-state index is 0.0657. The monoisotopic (exact) mass is 398 g/mol. The van der Waals surface area contributed by atoms with Crippen LogP contribution in [0.2, 0.25) is 0 Å². The van der Waals surface area contributed by atoms with Gasteiger partial charge >= 0.3 is 0 Å². The van der Waals surface area contributed by atoms with Gasteiger partial charge in [0.2, 0.25) is 5.91 Å². The average molecular weight is 399 g/mol. The van der Waals surface area contributed by atoms with E-state index >= 15 is 0 Å². The minimum atomic E-state index is -0.0657. The maximum absolute atomic E-state index is 12.1. The van der Waals surface area contributed by atoms with Crippen LogP contribution < -0.4 is 5.32 Å². The van der Waals surface area contributed by atoms with Gasteiger partial charge in [-0.25, -0.2) is 4.98 Å². The van der Waals surface area contributed by atoms with Crippen molar-refractivity contribution in [3.05, 3.63) is 70.2 Å². The van der Waals surface area contributed by atoms with Crippen LogP contribution in [-0.4, -0.2) is 10.9 Å². The molecule has 0 bridgehead atoms. The van der Waals surface area contributed by atoms with Crippen LogP contribution in [0.1, 0.15) is 23.4 Å². The van der Waals surface area contributed by atoms with E-state index in [9.17, 15) is 4.79 Å². The Morgan fingerprint density at radius 2 is 2.00 bits per heavy atom. The van der Waals surface area contributed by atoms with Crippen LogP contribution >= 0.6 is 15.9 Å². The molecule has 0 aliphatic rings. The molecule has 1 heterocycles. The van der Waals surface area contributed by atoms with Crippen molar-refractivity contribution in [1.82, 2.24) is 4.98 Å². The summed E-state index contributed by atoms with van der Waals surface area (Å²) in [6.45, 7) is 4.15. The Kier molecular flexibility index (Phi) is 5.34. The quantitative estimate of drug-likeness (QED) is 0.634. The highest BCUT2D eigenvalue weighted by Crippen LogP contribution is 2.23. The van der Waals surface area contributed by atoms with E-state index in [0.717, 1.165) is 21.5 Å². The smallest absolute Gasteiger partial charge is 0.224 e. The van der Waals surface area contributed by atoms with E-state index in [1.54, 1.807) is 6.20 Å². The molecule has 0 saturated carbocycles. The lowest BCUT2D eigenvalue weighted by Crippen LogP contribution is -2.12. The van der Waals surface area contributed by atoms with Crippen molar-refractivity contribution < 1.29 is 9.21 Å². The van der Waals surface area contributed by atoms with Gasteiger partial charge in [0.05, 0.1) is 6.20 Å². The second kappa shape index (κ2) is 7.66. The summed E-state index contributed by atoms with van der Waals surface area (Å²) in [6, 6.07) is 13.7. The number of oxazole rings is 1. The van der Waals surface area contributed by atoms with Gasteiger partial charge in [-0.3, -0.25) is 4.79 Å². The van der Waals surface area contributed by atoms with Crippen LogP contribution in [0.3, 0.4) is 0 Å². The molecule has 2 aromatic carbocycles. The van der Waals surface area contributed by atoms with Gasteiger partial charge in [-0.1, -0.05) is 34.1 Å².